The summed E-state index contributed by atoms with van der Waals surface area (Å²) in [6.45, 7) is 4.76. The second-order valence-electron chi connectivity index (χ2n) is 5.96. The van der Waals surface area contributed by atoms with Gasteiger partial charge in [0.05, 0.1) is 0 Å². The van der Waals surface area contributed by atoms with Crippen molar-refractivity contribution in [2.24, 2.45) is 17.8 Å². The van der Waals surface area contributed by atoms with Gasteiger partial charge in [-0.25, -0.2) is 0 Å². The fraction of sp³-hybridized carbons (Fsp3) is 0.625. The minimum atomic E-state index is 0.371. The van der Waals surface area contributed by atoms with Crippen molar-refractivity contribution >= 4 is 27.5 Å². The van der Waals surface area contributed by atoms with Crippen LogP contribution in [-0.4, -0.2) is 7.05 Å². The standard InChI is InChI=1S/C16H23BrClN/c1-10-4-5-12(8-11(10)2)16(19-3)14-7-6-13(17)9-15(14)18/h6-7,9-12,16,19H,4-5,8H2,1-3H3. The molecule has 0 aliphatic heterocycles. The highest BCUT2D eigenvalue weighted by atomic mass is 79.9. The summed E-state index contributed by atoms with van der Waals surface area (Å²) in [5.41, 5.74) is 1.24. The molecule has 1 aromatic rings. The van der Waals surface area contributed by atoms with Crippen molar-refractivity contribution in [1.29, 1.82) is 0 Å². The van der Waals surface area contributed by atoms with Crippen molar-refractivity contribution in [2.45, 2.75) is 39.2 Å². The quantitative estimate of drug-likeness (QED) is 0.770. The summed E-state index contributed by atoms with van der Waals surface area (Å²) >= 11 is 9.89. The molecular formula is C16H23BrClN. The van der Waals surface area contributed by atoms with Crippen LogP contribution in [0.5, 0.6) is 0 Å². The van der Waals surface area contributed by atoms with Crippen LogP contribution >= 0.6 is 27.5 Å². The first-order valence-electron chi connectivity index (χ1n) is 7.15. The summed E-state index contributed by atoms with van der Waals surface area (Å²) in [4.78, 5) is 0. The Labute approximate surface area is 130 Å². The number of nitrogens with one attached hydrogen (secondary N) is 1. The fourth-order valence-corrected chi connectivity index (χ4v) is 4.08. The highest BCUT2D eigenvalue weighted by Crippen LogP contribution is 2.41. The van der Waals surface area contributed by atoms with Crippen LogP contribution in [0.2, 0.25) is 5.02 Å². The maximum atomic E-state index is 6.42. The molecule has 4 unspecified atom stereocenters. The van der Waals surface area contributed by atoms with E-state index in [0.29, 0.717) is 12.0 Å². The molecule has 1 aliphatic carbocycles. The third kappa shape index (κ3) is 3.53. The molecule has 106 valence electrons. The monoisotopic (exact) mass is 343 g/mol. The predicted octanol–water partition coefficient (Wildman–Crippen LogP) is 5.44. The first-order chi connectivity index (χ1) is 9.02. The fourth-order valence-electron chi connectivity index (χ4n) is 3.29. The van der Waals surface area contributed by atoms with Gasteiger partial charge in [-0.05, 0) is 55.3 Å². The molecule has 4 atom stereocenters. The van der Waals surface area contributed by atoms with Gasteiger partial charge in [0.1, 0.15) is 0 Å². The SMILES string of the molecule is CNC(c1ccc(Br)cc1Cl)C1CCC(C)C(C)C1. The van der Waals surface area contributed by atoms with E-state index >= 15 is 0 Å². The maximum Gasteiger partial charge on any atom is 0.0465 e. The third-order valence-corrected chi connectivity index (χ3v) is 5.54. The van der Waals surface area contributed by atoms with Crippen LogP contribution in [0.4, 0.5) is 0 Å². The summed E-state index contributed by atoms with van der Waals surface area (Å²) < 4.78 is 1.04. The number of hydrogen-bond acceptors (Lipinski definition) is 1. The molecule has 0 aromatic heterocycles. The Balaban J connectivity index is 2.20. The van der Waals surface area contributed by atoms with Gasteiger partial charge in [-0.1, -0.05) is 53.9 Å². The van der Waals surface area contributed by atoms with Crippen LogP contribution in [0.3, 0.4) is 0 Å². The van der Waals surface area contributed by atoms with Crippen molar-refractivity contribution in [2.75, 3.05) is 7.05 Å². The van der Waals surface area contributed by atoms with E-state index in [9.17, 15) is 0 Å². The molecule has 0 spiro atoms. The van der Waals surface area contributed by atoms with Crippen LogP contribution in [0, 0.1) is 17.8 Å². The van der Waals surface area contributed by atoms with E-state index in [1.165, 1.54) is 24.8 Å². The Hall–Kier alpha value is -0.0500. The minimum Gasteiger partial charge on any atom is -0.313 e. The number of benzene rings is 1. The number of halogens is 2. The van der Waals surface area contributed by atoms with E-state index < -0.39 is 0 Å². The normalized spacial score (nSPS) is 29.2. The van der Waals surface area contributed by atoms with Gasteiger partial charge in [0, 0.05) is 15.5 Å². The Morgan fingerprint density at radius 1 is 1.26 bits per heavy atom. The summed E-state index contributed by atoms with van der Waals surface area (Å²) in [5, 5.41) is 4.35. The summed E-state index contributed by atoms with van der Waals surface area (Å²) in [6.07, 6.45) is 3.92. The minimum absolute atomic E-state index is 0.371. The second-order valence-corrected chi connectivity index (χ2v) is 7.28. The van der Waals surface area contributed by atoms with Crippen molar-refractivity contribution in [1.82, 2.24) is 5.32 Å². The molecule has 1 nitrogen and oxygen atoms in total. The molecule has 1 N–H and O–H groups in total. The van der Waals surface area contributed by atoms with Gasteiger partial charge in [-0.3, -0.25) is 0 Å². The zero-order chi connectivity index (χ0) is 14.0. The van der Waals surface area contributed by atoms with E-state index in [4.69, 9.17) is 11.6 Å². The zero-order valence-electron chi connectivity index (χ0n) is 11.9. The highest BCUT2D eigenvalue weighted by Gasteiger charge is 2.31. The molecule has 19 heavy (non-hydrogen) atoms. The van der Waals surface area contributed by atoms with Crippen LogP contribution in [0.25, 0.3) is 0 Å². The van der Waals surface area contributed by atoms with Crippen LogP contribution in [0.15, 0.2) is 22.7 Å². The van der Waals surface area contributed by atoms with Gasteiger partial charge >= 0.3 is 0 Å². The van der Waals surface area contributed by atoms with Crippen LogP contribution < -0.4 is 5.32 Å². The Morgan fingerprint density at radius 2 is 2.00 bits per heavy atom. The smallest absolute Gasteiger partial charge is 0.0465 e. The van der Waals surface area contributed by atoms with Gasteiger partial charge in [-0.15, -0.1) is 0 Å². The molecule has 0 bridgehead atoms. The molecule has 0 radical (unpaired) electrons. The van der Waals surface area contributed by atoms with E-state index in [1.807, 2.05) is 13.1 Å². The molecule has 1 aliphatic rings. The third-order valence-electron chi connectivity index (χ3n) is 4.72. The van der Waals surface area contributed by atoms with Crippen molar-refractivity contribution in [3.05, 3.63) is 33.3 Å². The molecule has 1 fully saturated rings. The van der Waals surface area contributed by atoms with Crippen molar-refractivity contribution < 1.29 is 0 Å². The van der Waals surface area contributed by atoms with Gasteiger partial charge in [-0.2, -0.15) is 0 Å². The summed E-state index contributed by atoms with van der Waals surface area (Å²) in [7, 11) is 2.05. The summed E-state index contributed by atoms with van der Waals surface area (Å²) in [5.74, 6) is 2.35. The lowest BCUT2D eigenvalue weighted by molar-refractivity contribution is 0.175. The van der Waals surface area contributed by atoms with Gasteiger partial charge in [0.15, 0.2) is 0 Å². The topological polar surface area (TPSA) is 12.0 Å². The van der Waals surface area contributed by atoms with E-state index in [0.717, 1.165) is 21.3 Å². The molecule has 2 rings (SSSR count). The number of rotatable bonds is 3. The maximum absolute atomic E-state index is 6.42. The van der Waals surface area contributed by atoms with Crippen LogP contribution in [-0.2, 0) is 0 Å². The van der Waals surface area contributed by atoms with Gasteiger partial charge in [0.25, 0.3) is 0 Å². The Kier molecular flexibility index (Phi) is 5.33. The zero-order valence-corrected chi connectivity index (χ0v) is 14.3. The molecule has 0 saturated heterocycles. The van der Waals surface area contributed by atoms with Crippen molar-refractivity contribution in [3.63, 3.8) is 0 Å². The van der Waals surface area contributed by atoms with Gasteiger partial charge in [0.2, 0.25) is 0 Å². The molecular weight excluding hydrogens is 322 g/mol. The average molecular weight is 345 g/mol. The lowest BCUT2D eigenvalue weighted by Crippen LogP contribution is -2.31. The van der Waals surface area contributed by atoms with Crippen LogP contribution in [0.1, 0.15) is 44.7 Å². The lowest BCUT2D eigenvalue weighted by Gasteiger charge is -2.37. The van der Waals surface area contributed by atoms with E-state index in [1.54, 1.807) is 0 Å². The molecule has 0 heterocycles. The predicted molar refractivity (Wildman–Crippen MR) is 86.6 cm³/mol. The number of hydrogen-bond donors (Lipinski definition) is 1. The molecule has 3 heteroatoms. The largest absolute Gasteiger partial charge is 0.313 e. The molecule has 1 aromatic carbocycles. The van der Waals surface area contributed by atoms with Gasteiger partial charge < -0.3 is 5.32 Å². The average Bonchev–Trinajstić information content (AvgIpc) is 2.37. The molecule has 0 amide bonds. The Bertz CT molecular complexity index is 435. The first kappa shape index (κ1) is 15.3. The highest BCUT2D eigenvalue weighted by molar-refractivity contribution is 9.10. The van der Waals surface area contributed by atoms with E-state index in [2.05, 4.69) is 47.2 Å². The van der Waals surface area contributed by atoms with Crippen molar-refractivity contribution in [3.8, 4) is 0 Å². The first-order valence-corrected chi connectivity index (χ1v) is 8.32. The second kappa shape index (κ2) is 6.60. The molecule has 1 saturated carbocycles. The Morgan fingerprint density at radius 3 is 2.58 bits per heavy atom. The lowest BCUT2D eigenvalue weighted by atomic mass is 9.72. The summed E-state index contributed by atoms with van der Waals surface area (Å²) in [6, 6.07) is 6.60. The van der Waals surface area contributed by atoms with E-state index in [-0.39, 0.29) is 0 Å².